The van der Waals surface area contributed by atoms with Gasteiger partial charge in [-0.3, -0.25) is 0 Å². The van der Waals surface area contributed by atoms with E-state index in [1.54, 1.807) is 0 Å². The Morgan fingerprint density at radius 3 is 1.53 bits per heavy atom. The molecule has 0 aromatic heterocycles. The molecule has 1 heterocycles. The van der Waals surface area contributed by atoms with E-state index in [2.05, 4.69) is 51.8 Å². The summed E-state index contributed by atoms with van der Waals surface area (Å²) in [5.74, 6) is 4.57. The Hall–Kier alpha value is -0.995. The van der Waals surface area contributed by atoms with E-state index in [1.165, 1.54) is 62.9 Å². The van der Waals surface area contributed by atoms with Crippen LogP contribution in [0.5, 0.6) is 0 Å². The van der Waals surface area contributed by atoms with Crippen molar-refractivity contribution in [2.45, 2.75) is 148 Å². The Kier molecular flexibility index (Phi) is 11.2. The van der Waals surface area contributed by atoms with Gasteiger partial charge >= 0.3 is 22.7 Å². The van der Waals surface area contributed by atoms with Gasteiger partial charge in [0.1, 0.15) is 5.76 Å². The van der Waals surface area contributed by atoms with Crippen LogP contribution in [-0.2, 0) is 23.6 Å². The van der Waals surface area contributed by atoms with Crippen molar-refractivity contribution in [3.05, 3.63) is 23.4 Å². The van der Waals surface area contributed by atoms with Gasteiger partial charge in [-0.1, -0.05) is 45.6 Å². The highest BCUT2D eigenvalue weighted by atomic mass is 32.2. The SMILES string of the molecule is CC1CCC(C2CC=C(B3OC(C)(C)C(C)(C)O3)CC2)CC1.CC1CCC(C2CC=C(OS(=O)(=O)C(F)(F)F)CC2)CC1. The molecular weight excluding hydrogens is 576 g/mol. The van der Waals surface area contributed by atoms with Gasteiger partial charge in [0.25, 0.3) is 0 Å². The molecule has 5 nitrogen and oxygen atoms in total. The molecule has 0 bridgehead atoms. The maximum atomic E-state index is 12.3. The lowest BCUT2D eigenvalue weighted by atomic mass is 9.66. The maximum absolute atomic E-state index is 12.3. The van der Waals surface area contributed by atoms with E-state index >= 15 is 0 Å². The van der Waals surface area contributed by atoms with E-state index < -0.39 is 15.6 Å². The molecule has 2 unspecified atom stereocenters. The van der Waals surface area contributed by atoms with E-state index in [4.69, 9.17) is 9.31 Å². The first-order valence-corrected chi connectivity index (χ1v) is 18.1. The molecule has 4 aliphatic carbocycles. The van der Waals surface area contributed by atoms with Crippen molar-refractivity contribution in [1.82, 2.24) is 0 Å². The van der Waals surface area contributed by atoms with Gasteiger partial charge in [0, 0.05) is 6.42 Å². The van der Waals surface area contributed by atoms with Crippen LogP contribution in [0.1, 0.15) is 131 Å². The first-order valence-electron chi connectivity index (χ1n) is 16.7. The summed E-state index contributed by atoms with van der Waals surface area (Å²) in [4.78, 5) is 0. The second-order valence-corrected chi connectivity index (χ2v) is 16.7. The predicted molar refractivity (Wildman–Crippen MR) is 165 cm³/mol. The molecule has 43 heavy (non-hydrogen) atoms. The Bertz CT molecular complexity index is 1080. The van der Waals surface area contributed by atoms with E-state index in [0.29, 0.717) is 24.7 Å². The molecule has 246 valence electrons. The van der Waals surface area contributed by atoms with Crippen LogP contribution in [0, 0.1) is 35.5 Å². The highest BCUT2D eigenvalue weighted by molar-refractivity contribution is 7.87. The molecule has 5 aliphatic rings. The molecule has 10 heteroatoms. The largest absolute Gasteiger partial charge is 0.534 e. The quantitative estimate of drug-likeness (QED) is 0.172. The third-order valence-corrected chi connectivity index (χ3v) is 12.4. The van der Waals surface area contributed by atoms with Crippen molar-refractivity contribution in [3.63, 3.8) is 0 Å². The lowest BCUT2D eigenvalue weighted by Crippen LogP contribution is -2.41. The van der Waals surface area contributed by atoms with Crippen LogP contribution in [0.4, 0.5) is 13.2 Å². The van der Waals surface area contributed by atoms with Crippen molar-refractivity contribution < 1.29 is 35.1 Å². The normalized spacial score (nSPS) is 34.9. The van der Waals surface area contributed by atoms with Crippen LogP contribution >= 0.6 is 0 Å². The molecule has 1 saturated heterocycles. The standard InChI is InChI=1S/C19H33BO2.C14H21F3O3S/c1-14-6-8-15(9-7-14)16-10-12-17(13-11-16)20-21-18(2,3)19(4,5)22-20;1-10-2-4-11(5-3-10)12-6-8-13(9-7-12)20-21(18,19)14(15,16)17/h12,14-16H,6-11,13H2,1-5H3;8,10-12H,2-7,9H2,1H3. The number of halogens is 3. The van der Waals surface area contributed by atoms with Gasteiger partial charge in [-0.2, -0.15) is 21.6 Å². The van der Waals surface area contributed by atoms with Crippen molar-refractivity contribution in [3.8, 4) is 0 Å². The highest BCUT2D eigenvalue weighted by Crippen LogP contribution is 2.44. The van der Waals surface area contributed by atoms with E-state index in [-0.39, 0.29) is 30.5 Å². The highest BCUT2D eigenvalue weighted by Gasteiger charge is 2.52. The molecular formula is C33H54BF3O5S. The third kappa shape index (κ3) is 8.84. The molecule has 0 amide bonds. The molecule has 3 fully saturated rings. The molecule has 1 aliphatic heterocycles. The number of rotatable bonds is 5. The van der Waals surface area contributed by atoms with E-state index in [9.17, 15) is 21.6 Å². The minimum atomic E-state index is -5.52. The second kappa shape index (κ2) is 13.8. The van der Waals surface area contributed by atoms with Crippen molar-refractivity contribution in [1.29, 1.82) is 0 Å². The van der Waals surface area contributed by atoms with Crippen LogP contribution in [-0.4, -0.2) is 32.2 Å². The second-order valence-electron chi connectivity index (χ2n) is 15.1. The first kappa shape index (κ1) is 34.9. The Balaban J connectivity index is 0.000000197. The smallest absolute Gasteiger partial charge is 0.400 e. The van der Waals surface area contributed by atoms with E-state index in [0.717, 1.165) is 42.9 Å². The zero-order valence-electron chi connectivity index (χ0n) is 27.2. The van der Waals surface area contributed by atoms with Crippen molar-refractivity contribution >= 4 is 17.2 Å². The number of hydrogen-bond acceptors (Lipinski definition) is 5. The lowest BCUT2D eigenvalue weighted by Gasteiger charge is -2.34. The Morgan fingerprint density at radius 2 is 1.16 bits per heavy atom. The summed E-state index contributed by atoms with van der Waals surface area (Å²) in [7, 11) is -5.63. The molecule has 0 spiro atoms. The zero-order chi connectivity index (χ0) is 31.6. The third-order valence-electron chi connectivity index (χ3n) is 11.4. The molecule has 0 radical (unpaired) electrons. The Labute approximate surface area is 259 Å². The summed E-state index contributed by atoms with van der Waals surface area (Å²) >= 11 is 0. The zero-order valence-corrected chi connectivity index (χ0v) is 28.0. The first-order chi connectivity index (χ1) is 20.0. The van der Waals surface area contributed by atoms with Gasteiger partial charge in [0.2, 0.25) is 0 Å². The minimum absolute atomic E-state index is 0.0623. The Morgan fingerprint density at radius 1 is 0.721 bits per heavy atom. The fraction of sp³-hybridized carbons (Fsp3) is 0.879. The molecule has 0 aromatic carbocycles. The summed E-state index contributed by atoms with van der Waals surface area (Å²) in [5, 5.41) is 0. The van der Waals surface area contributed by atoms with Crippen LogP contribution in [0.3, 0.4) is 0 Å². The number of alkyl halides is 3. The van der Waals surface area contributed by atoms with Crippen LogP contribution in [0.15, 0.2) is 23.4 Å². The monoisotopic (exact) mass is 630 g/mol. The summed E-state index contributed by atoms with van der Waals surface area (Å²) in [5.41, 5.74) is -4.40. The van der Waals surface area contributed by atoms with Crippen LogP contribution in [0.2, 0.25) is 0 Å². The summed E-state index contributed by atoms with van der Waals surface area (Å²) < 4.78 is 75.3. The fourth-order valence-corrected chi connectivity index (χ4v) is 8.08. The minimum Gasteiger partial charge on any atom is -0.400 e. The topological polar surface area (TPSA) is 61.8 Å². The van der Waals surface area contributed by atoms with Crippen LogP contribution in [0.25, 0.3) is 0 Å². The summed E-state index contributed by atoms with van der Waals surface area (Å²) in [6.45, 7) is 13.2. The molecule has 5 rings (SSSR count). The average molecular weight is 631 g/mol. The van der Waals surface area contributed by atoms with Gasteiger partial charge in [0.05, 0.1) is 11.2 Å². The van der Waals surface area contributed by atoms with Crippen molar-refractivity contribution in [2.75, 3.05) is 0 Å². The van der Waals surface area contributed by atoms with E-state index in [1.807, 2.05) is 0 Å². The lowest BCUT2D eigenvalue weighted by molar-refractivity contribution is -0.0525. The summed E-state index contributed by atoms with van der Waals surface area (Å²) in [6.07, 6.45) is 19.8. The maximum Gasteiger partial charge on any atom is 0.534 e. The molecule has 2 atom stereocenters. The predicted octanol–water partition coefficient (Wildman–Crippen LogP) is 9.53. The van der Waals surface area contributed by atoms with Gasteiger partial charge < -0.3 is 13.5 Å². The number of hydrogen-bond donors (Lipinski definition) is 0. The van der Waals surface area contributed by atoms with Gasteiger partial charge in [-0.05, 0) is 133 Å². The molecule has 0 aromatic rings. The average Bonchev–Trinajstić information content (AvgIpc) is 3.16. The van der Waals surface area contributed by atoms with Crippen LogP contribution < -0.4 is 0 Å². The van der Waals surface area contributed by atoms with Gasteiger partial charge in [-0.25, -0.2) is 0 Å². The van der Waals surface area contributed by atoms with Gasteiger partial charge in [0.15, 0.2) is 0 Å². The van der Waals surface area contributed by atoms with Gasteiger partial charge in [-0.15, -0.1) is 0 Å². The fourth-order valence-electron chi connectivity index (χ4n) is 7.55. The number of allylic oxidation sites excluding steroid dienone is 4. The van der Waals surface area contributed by atoms with Crippen molar-refractivity contribution in [2.24, 2.45) is 35.5 Å². The molecule has 2 saturated carbocycles. The molecule has 0 N–H and O–H groups in total. The summed E-state index contributed by atoms with van der Waals surface area (Å²) in [6, 6.07) is 0.